The molecular formula is C26H30F9N3O4. The molecule has 1 N–H and O–H groups in total. The van der Waals surface area contributed by atoms with Crippen molar-refractivity contribution in [2.24, 2.45) is 5.92 Å². The average Bonchev–Trinajstić information content (AvgIpc) is 3.48. The predicted molar refractivity (Wildman–Crippen MR) is 128 cm³/mol. The molecule has 1 aromatic carbocycles. The second kappa shape index (κ2) is 11.7. The van der Waals surface area contributed by atoms with Crippen LogP contribution in [0.15, 0.2) is 18.2 Å². The Kier molecular flexibility index (Phi) is 8.99. The number of ether oxygens (including phenoxy) is 1. The van der Waals surface area contributed by atoms with Gasteiger partial charge in [-0.2, -0.15) is 39.5 Å². The Bertz CT molecular complexity index is 1130. The van der Waals surface area contributed by atoms with Crippen LogP contribution in [0, 0.1) is 5.92 Å². The number of aliphatic carboxylic acids is 1. The van der Waals surface area contributed by atoms with Gasteiger partial charge in [-0.25, -0.2) is 4.79 Å². The second-order valence-electron chi connectivity index (χ2n) is 11.2. The predicted octanol–water partition coefficient (Wildman–Crippen LogP) is 5.67. The Morgan fingerprint density at radius 2 is 1.48 bits per heavy atom. The molecule has 1 aromatic rings. The third kappa shape index (κ3) is 7.41. The van der Waals surface area contributed by atoms with Crippen LogP contribution in [0.5, 0.6) is 0 Å². The summed E-state index contributed by atoms with van der Waals surface area (Å²) in [7, 11) is 0. The normalized spacial score (nSPS) is 22.3. The van der Waals surface area contributed by atoms with Gasteiger partial charge in [-0.1, -0.05) is 6.07 Å². The number of carbonyl (C=O) groups excluding carboxylic acids is 1. The molecule has 1 spiro atoms. The van der Waals surface area contributed by atoms with Crippen molar-refractivity contribution in [3.63, 3.8) is 0 Å². The monoisotopic (exact) mass is 619 g/mol. The second-order valence-corrected chi connectivity index (χ2v) is 11.2. The number of alkyl halides is 9. The number of amides is 1. The molecule has 0 saturated carbocycles. The lowest BCUT2D eigenvalue weighted by Crippen LogP contribution is -2.54. The summed E-state index contributed by atoms with van der Waals surface area (Å²) in [6, 6.07) is 3.72. The molecular weight excluding hydrogens is 589 g/mol. The highest BCUT2D eigenvalue weighted by Crippen LogP contribution is 2.41. The summed E-state index contributed by atoms with van der Waals surface area (Å²) < 4.78 is 122. The molecule has 0 aliphatic carbocycles. The van der Waals surface area contributed by atoms with Crippen LogP contribution >= 0.6 is 0 Å². The lowest BCUT2D eigenvalue weighted by Gasteiger charge is -2.45. The van der Waals surface area contributed by atoms with Crippen molar-refractivity contribution in [3.8, 4) is 0 Å². The summed E-state index contributed by atoms with van der Waals surface area (Å²) in [5, 5.41) is 9.22. The molecule has 3 saturated heterocycles. The van der Waals surface area contributed by atoms with Crippen molar-refractivity contribution in [1.82, 2.24) is 14.7 Å². The number of likely N-dealkylation sites (tertiary alicyclic amines) is 3. The van der Waals surface area contributed by atoms with Crippen LogP contribution < -0.4 is 0 Å². The first-order valence-electron chi connectivity index (χ1n) is 13.4. The van der Waals surface area contributed by atoms with Crippen LogP contribution in [0.25, 0.3) is 0 Å². The molecule has 1 unspecified atom stereocenters. The maximum Gasteiger partial charge on any atom is 0.434 e. The summed E-state index contributed by atoms with van der Waals surface area (Å²) in [4.78, 5) is 28.0. The maximum atomic E-state index is 13.8. The van der Waals surface area contributed by atoms with E-state index in [1.54, 1.807) is 11.0 Å². The summed E-state index contributed by atoms with van der Waals surface area (Å²) in [5.74, 6) is -1.54. The molecule has 3 aliphatic heterocycles. The van der Waals surface area contributed by atoms with Crippen LogP contribution in [-0.2, 0) is 28.8 Å². The SMILES string of the molecule is O=C(O)C1CCN(Cc2cc(CN3CCCC34CCN(C(=O)OC(C(F)(F)F)C(F)(F)F)CC4)cc(C(F)(F)F)c2)C1. The standard InChI is InChI=1S/C26H30F9N3O4/c27-24(28,29)19-11-16(13-36-7-2-18(15-36)20(39)40)10-17(12-19)14-38-6-1-3-23(38)4-8-37(9-5-23)22(41)42-21(25(30,31)32)26(33,34)35/h10-12,18,21H,1-9,13-15H2,(H,39,40). The van der Waals surface area contributed by atoms with E-state index in [1.807, 2.05) is 4.90 Å². The highest BCUT2D eigenvalue weighted by molar-refractivity contribution is 5.70. The van der Waals surface area contributed by atoms with E-state index in [9.17, 15) is 54.2 Å². The van der Waals surface area contributed by atoms with Gasteiger partial charge in [-0.15, -0.1) is 0 Å². The van der Waals surface area contributed by atoms with E-state index in [2.05, 4.69) is 4.74 Å². The summed E-state index contributed by atoms with van der Waals surface area (Å²) in [6.45, 7) is 1.07. The maximum absolute atomic E-state index is 13.8. The van der Waals surface area contributed by atoms with Gasteiger partial charge in [-0.3, -0.25) is 14.6 Å². The lowest BCUT2D eigenvalue weighted by molar-refractivity contribution is -0.308. The number of nitrogens with zero attached hydrogens (tertiary/aromatic N) is 3. The first-order valence-corrected chi connectivity index (χ1v) is 13.4. The number of halogens is 9. The number of piperidine rings is 1. The molecule has 16 heteroatoms. The number of hydrogen-bond donors (Lipinski definition) is 1. The van der Waals surface area contributed by atoms with Gasteiger partial charge in [0.05, 0.1) is 11.5 Å². The van der Waals surface area contributed by atoms with Crippen molar-refractivity contribution in [1.29, 1.82) is 0 Å². The van der Waals surface area contributed by atoms with Gasteiger partial charge in [-0.05, 0) is 68.5 Å². The quantitative estimate of drug-likeness (QED) is 0.414. The van der Waals surface area contributed by atoms with Crippen LogP contribution in [0.3, 0.4) is 0 Å². The van der Waals surface area contributed by atoms with E-state index in [4.69, 9.17) is 0 Å². The largest absolute Gasteiger partial charge is 0.481 e. The highest BCUT2D eigenvalue weighted by atomic mass is 19.4. The topological polar surface area (TPSA) is 73.3 Å². The number of hydrogen-bond acceptors (Lipinski definition) is 5. The molecule has 4 rings (SSSR count). The van der Waals surface area contributed by atoms with E-state index in [-0.39, 0.29) is 45.6 Å². The zero-order valence-corrected chi connectivity index (χ0v) is 22.3. The molecule has 1 atom stereocenters. The number of rotatable bonds is 6. The summed E-state index contributed by atoms with van der Waals surface area (Å²) in [6.07, 6.45) is -20.2. The first-order chi connectivity index (χ1) is 19.4. The van der Waals surface area contributed by atoms with Crippen LogP contribution in [0.1, 0.15) is 48.8 Å². The van der Waals surface area contributed by atoms with Gasteiger partial charge >= 0.3 is 30.6 Å². The fourth-order valence-corrected chi connectivity index (χ4v) is 6.17. The number of carboxylic acids is 1. The van der Waals surface area contributed by atoms with Crippen molar-refractivity contribution in [3.05, 3.63) is 34.9 Å². The molecule has 42 heavy (non-hydrogen) atoms. The Balaban J connectivity index is 1.44. The number of carboxylic acid groups (broad SMARTS) is 1. The average molecular weight is 620 g/mol. The van der Waals surface area contributed by atoms with E-state index in [1.165, 1.54) is 0 Å². The Morgan fingerprint density at radius 3 is 2.00 bits per heavy atom. The fraction of sp³-hybridized carbons (Fsp3) is 0.692. The van der Waals surface area contributed by atoms with E-state index >= 15 is 0 Å². The van der Waals surface area contributed by atoms with Crippen LogP contribution in [0.2, 0.25) is 0 Å². The summed E-state index contributed by atoms with van der Waals surface area (Å²) >= 11 is 0. The molecule has 0 radical (unpaired) electrons. The minimum Gasteiger partial charge on any atom is -0.481 e. The van der Waals surface area contributed by atoms with Crippen LogP contribution in [0.4, 0.5) is 44.3 Å². The van der Waals surface area contributed by atoms with Gasteiger partial charge in [0.1, 0.15) is 0 Å². The number of carbonyl (C=O) groups is 2. The van der Waals surface area contributed by atoms with Crippen molar-refractivity contribution < 1.29 is 58.9 Å². The Labute approximate surface area is 235 Å². The van der Waals surface area contributed by atoms with Crippen LogP contribution in [-0.4, -0.2) is 88.6 Å². The minimum absolute atomic E-state index is 0.114. The molecule has 0 bridgehead atoms. The highest BCUT2D eigenvalue weighted by Gasteiger charge is 2.60. The van der Waals surface area contributed by atoms with E-state index in [0.29, 0.717) is 43.5 Å². The van der Waals surface area contributed by atoms with E-state index in [0.717, 1.165) is 17.0 Å². The molecule has 3 aliphatic rings. The molecule has 7 nitrogen and oxygen atoms in total. The zero-order valence-electron chi connectivity index (χ0n) is 22.3. The third-order valence-electron chi connectivity index (χ3n) is 8.29. The van der Waals surface area contributed by atoms with Gasteiger partial charge < -0.3 is 14.7 Å². The van der Waals surface area contributed by atoms with Crippen molar-refractivity contribution in [2.45, 2.75) is 75.4 Å². The summed E-state index contributed by atoms with van der Waals surface area (Å²) in [5.41, 5.74) is -0.697. The fourth-order valence-electron chi connectivity index (χ4n) is 6.17. The van der Waals surface area contributed by atoms with Gasteiger partial charge in [0.15, 0.2) is 0 Å². The van der Waals surface area contributed by atoms with Crippen molar-refractivity contribution >= 4 is 12.1 Å². The van der Waals surface area contributed by atoms with E-state index < -0.39 is 53.7 Å². The zero-order chi connectivity index (χ0) is 31.1. The number of benzene rings is 1. The third-order valence-corrected chi connectivity index (χ3v) is 8.29. The molecule has 3 heterocycles. The molecule has 3 fully saturated rings. The Hall–Kier alpha value is -2.75. The van der Waals surface area contributed by atoms with Gasteiger partial charge in [0.2, 0.25) is 0 Å². The van der Waals surface area contributed by atoms with Crippen molar-refractivity contribution in [2.75, 3.05) is 32.7 Å². The van der Waals surface area contributed by atoms with Gasteiger partial charge in [0, 0.05) is 38.3 Å². The Morgan fingerprint density at radius 1 is 0.881 bits per heavy atom. The molecule has 236 valence electrons. The molecule has 1 amide bonds. The first kappa shape index (κ1) is 32.2. The molecule has 0 aromatic heterocycles. The smallest absolute Gasteiger partial charge is 0.434 e. The minimum atomic E-state index is -5.83. The lowest BCUT2D eigenvalue weighted by atomic mass is 9.84. The van der Waals surface area contributed by atoms with Gasteiger partial charge in [0.25, 0.3) is 6.10 Å².